The minimum Gasteiger partial charge on any atom is -0.497 e. The summed E-state index contributed by atoms with van der Waals surface area (Å²) in [6.07, 6.45) is 2.55. The van der Waals surface area contributed by atoms with Crippen LogP contribution in [-0.4, -0.2) is 44.5 Å². The van der Waals surface area contributed by atoms with E-state index in [1.165, 1.54) is 0 Å². The quantitative estimate of drug-likeness (QED) is 0.701. The van der Waals surface area contributed by atoms with Crippen LogP contribution in [0, 0.1) is 0 Å². The van der Waals surface area contributed by atoms with Gasteiger partial charge in [-0.2, -0.15) is 0 Å². The lowest BCUT2D eigenvalue weighted by molar-refractivity contribution is -0.134. The molecule has 1 amide bonds. The molecule has 0 aliphatic carbocycles. The van der Waals surface area contributed by atoms with E-state index in [-0.39, 0.29) is 18.6 Å². The zero-order valence-corrected chi connectivity index (χ0v) is 15.5. The molecular weight excluding hydrogens is 346 g/mol. The Morgan fingerprint density at radius 3 is 2.52 bits per heavy atom. The normalized spacial score (nSPS) is 16.1. The summed E-state index contributed by atoms with van der Waals surface area (Å²) < 4.78 is 16.4. The average molecular weight is 369 g/mol. The number of hydrogen-bond acceptors (Lipinski definition) is 5. The minimum absolute atomic E-state index is 0.0524. The molecule has 0 N–H and O–H groups in total. The zero-order chi connectivity index (χ0) is 19.2. The number of likely N-dealkylation sites (tertiary alicyclic amines) is 1. The molecular formula is C21H23NO5. The number of benzene rings is 2. The summed E-state index contributed by atoms with van der Waals surface area (Å²) in [6.45, 7) is 0.626. The smallest absolute Gasteiger partial charge is 0.261 e. The van der Waals surface area contributed by atoms with Crippen molar-refractivity contribution in [2.45, 2.75) is 18.9 Å². The van der Waals surface area contributed by atoms with Gasteiger partial charge in [-0.15, -0.1) is 0 Å². The number of aldehydes is 1. The van der Waals surface area contributed by atoms with Gasteiger partial charge in [0.05, 0.1) is 20.3 Å². The van der Waals surface area contributed by atoms with Gasteiger partial charge in [-0.1, -0.05) is 0 Å². The third-order valence-electron chi connectivity index (χ3n) is 4.75. The Morgan fingerprint density at radius 2 is 1.85 bits per heavy atom. The molecule has 1 aliphatic heterocycles. The Labute approximate surface area is 158 Å². The molecule has 1 atom stereocenters. The predicted octanol–water partition coefficient (Wildman–Crippen LogP) is 3.26. The van der Waals surface area contributed by atoms with Gasteiger partial charge >= 0.3 is 0 Å². The number of methoxy groups -OCH3 is 2. The molecule has 2 aromatic carbocycles. The first kappa shape index (κ1) is 18.8. The van der Waals surface area contributed by atoms with Crippen molar-refractivity contribution in [3.8, 4) is 17.2 Å². The van der Waals surface area contributed by atoms with Crippen LogP contribution in [0.2, 0.25) is 0 Å². The first-order valence-corrected chi connectivity index (χ1v) is 8.85. The second-order valence-electron chi connectivity index (χ2n) is 6.33. The molecule has 1 saturated heterocycles. The molecule has 0 saturated carbocycles. The monoisotopic (exact) mass is 369 g/mol. The molecule has 6 heteroatoms. The van der Waals surface area contributed by atoms with Crippen molar-refractivity contribution >= 4 is 12.2 Å². The van der Waals surface area contributed by atoms with E-state index in [2.05, 4.69) is 0 Å². The first-order chi connectivity index (χ1) is 13.2. The molecule has 1 aliphatic rings. The predicted molar refractivity (Wildman–Crippen MR) is 101 cm³/mol. The number of amides is 1. The van der Waals surface area contributed by atoms with E-state index in [0.29, 0.717) is 17.9 Å². The topological polar surface area (TPSA) is 65.1 Å². The van der Waals surface area contributed by atoms with Crippen molar-refractivity contribution < 1.29 is 23.8 Å². The minimum atomic E-state index is -0.0816. The Bertz CT molecular complexity index is 803. The van der Waals surface area contributed by atoms with E-state index in [1.54, 1.807) is 38.5 Å². The van der Waals surface area contributed by atoms with Crippen LogP contribution in [0.15, 0.2) is 42.5 Å². The summed E-state index contributed by atoms with van der Waals surface area (Å²) in [5.41, 5.74) is 1.51. The summed E-state index contributed by atoms with van der Waals surface area (Å²) in [5.74, 6) is 1.95. The van der Waals surface area contributed by atoms with E-state index >= 15 is 0 Å². The molecule has 1 fully saturated rings. The summed E-state index contributed by atoms with van der Waals surface area (Å²) in [5, 5.41) is 0. The maximum Gasteiger partial charge on any atom is 0.261 e. The Hall–Kier alpha value is -3.02. The van der Waals surface area contributed by atoms with Crippen LogP contribution < -0.4 is 14.2 Å². The molecule has 3 rings (SSSR count). The molecule has 142 valence electrons. The molecule has 27 heavy (non-hydrogen) atoms. The van der Waals surface area contributed by atoms with Gasteiger partial charge in [0, 0.05) is 17.7 Å². The number of nitrogens with zero attached hydrogens (tertiary/aromatic N) is 1. The van der Waals surface area contributed by atoms with Crippen molar-refractivity contribution in [3.63, 3.8) is 0 Å². The first-order valence-electron chi connectivity index (χ1n) is 8.85. The van der Waals surface area contributed by atoms with Crippen molar-refractivity contribution in [3.05, 3.63) is 53.6 Å². The highest BCUT2D eigenvalue weighted by Gasteiger charge is 2.32. The summed E-state index contributed by atoms with van der Waals surface area (Å²) in [6, 6.07) is 12.2. The van der Waals surface area contributed by atoms with E-state index in [1.807, 2.05) is 23.1 Å². The second-order valence-corrected chi connectivity index (χ2v) is 6.33. The molecule has 1 heterocycles. The number of ether oxygens (including phenoxy) is 3. The Kier molecular flexibility index (Phi) is 5.96. The van der Waals surface area contributed by atoms with Crippen LogP contribution in [0.5, 0.6) is 17.2 Å². The van der Waals surface area contributed by atoms with E-state index in [9.17, 15) is 9.59 Å². The second kappa shape index (κ2) is 8.58. The number of carbonyl (C=O) groups is 2. The van der Waals surface area contributed by atoms with Gasteiger partial charge in [-0.25, -0.2) is 0 Å². The van der Waals surface area contributed by atoms with Crippen molar-refractivity contribution in [1.82, 2.24) is 4.90 Å². The third kappa shape index (κ3) is 4.22. The van der Waals surface area contributed by atoms with Crippen LogP contribution in [-0.2, 0) is 4.79 Å². The van der Waals surface area contributed by atoms with E-state index < -0.39 is 0 Å². The lowest BCUT2D eigenvalue weighted by Crippen LogP contribution is -2.34. The summed E-state index contributed by atoms with van der Waals surface area (Å²) >= 11 is 0. The van der Waals surface area contributed by atoms with Gasteiger partial charge < -0.3 is 19.1 Å². The van der Waals surface area contributed by atoms with E-state index in [4.69, 9.17) is 14.2 Å². The van der Waals surface area contributed by atoms with Gasteiger partial charge in [0.15, 0.2) is 6.61 Å². The molecule has 0 bridgehead atoms. The van der Waals surface area contributed by atoms with Gasteiger partial charge in [0.1, 0.15) is 23.5 Å². The maximum atomic E-state index is 12.8. The average Bonchev–Trinajstić information content (AvgIpc) is 3.21. The summed E-state index contributed by atoms with van der Waals surface area (Å²) in [4.78, 5) is 25.3. The van der Waals surface area contributed by atoms with Crippen LogP contribution in [0.4, 0.5) is 0 Å². The highest BCUT2D eigenvalue weighted by molar-refractivity contribution is 5.79. The number of rotatable bonds is 7. The van der Waals surface area contributed by atoms with Crippen LogP contribution in [0.3, 0.4) is 0 Å². The van der Waals surface area contributed by atoms with Gasteiger partial charge in [0.2, 0.25) is 0 Å². The molecule has 1 unspecified atom stereocenters. The zero-order valence-electron chi connectivity index (χ0n) is 15.5. The van der Waals surface area contributed by atoms with Gasteiger partial charge in [-0.05, 0) is 55.3 Å². The van der Waals surface area contributed by atoms with Crippen LogP contribution in [0.25, 0.3) is 0 Å². The molecule has 6 nitrogen and oxygen atoms in total. The summed E-state index contributed by atoms with van der Waals surface area (Å²) in [7, 11) is 3.24. The lowest BCUT2D eigenvalue weighted by atomic mass is 10.0. The standard InChI is InChI=1S/C21H23NO5/c1-25-17-9-10-20(26-2)18(12-17)19-4-3-11-22(19)21(24)14-27-16-7-5-15(13-23)6-8-16/h5-10,12-13,19H,3-4,11,14H2,1-2H3. The van der Waals surface area contributed by atoms with Crippen LogP contribution in [0.1, 0.15) is 34.8 Å². The van der Waals surface area contributed by atoms with Crippen molar-refractivity contribution in [2.24, 2.45) is 0 Å². The number of carbonyl (C=O) groups excluding carboxylic acids is 2. The fraction of sp³-hybridized carbons (Fsp3) is 0.333. The van der Waals surface area contributed by atoms with Crippen molar-refractivity contribution in [1.29, 1.82) is 0 Å². The lowest BCUT2D eigenvalue weighted by Gasteiger charge is -2.26. The largest absolute Gasteiger partial charge is 0.497 e. The fourth-order valence-corrected chi connectivity index (χ4v) is 3.36. The van der Waals surface area contributed by atoms with Gasteiger partial charge in [-0.3, -0.25) is 9.59 Å². The van der Waals surface area contributed by atoms with Crippen molar-refractivity contribution in [2.75, 3.05) is 27.4 Å². The highest BCUT2D eigenvalue weighted by atomic mass is 16.5. The highest BCUT2D eigenvalue weighted by Crippen LogP contribution is 2.38. The number of hydrogen-bond donors (Lipinski definition) is 0. The van der Waals surface area contributed by atoms with Crippen LogP contribution >= 0.6 is 0 Å². The fourth-order valence-electron chi connectivity index (χ4n) is 3.36. The van der Waals surface area contributed by atoms with E-state index in [0.717, 1.165) is 36.2 Å². The molecule has 0 radical (unpaired) electrons. The molecule has 0 aromatic heterocycles. The third-order valence-corrected chi connectivity index (χ3v) is 4.75. The Balaban J connectivity index is 1.71. The molecule has 0 spiro atoms. The van der Waals surface area contributed by atoms with Gasteiger partial charge in [0.25, 0.3) is 5.91 Å². The Morgan fingerprint density at radius 1 is 1.11 bits per heavy atom. The maximum absolute atomic E-state index is 12.8. The SMILES string of the molecule is COc1ccc(OC)c(C2CCCN2C(=O)COc2ccc(C=O)cc2)c1. The molecule has 2 aromatic rings.